The lowest BCUT2D eigenvalue weighted by molar-refractivity contribution is -0.115. The molecule has 0 saturated carbocycles. The maximum Gasteiger partial charge on any atom is 0.276 e. The van der Waals surface area contributed by atoms with E-state index in [1.165, 1.54) is 5.69 Å². The molecule has 0 aliphatic rings. The van der Waals surface area contributed by atoms with E-state index < -0.39 is 9.70 Å². The van der Waals surface area contributed by atoms with E-state index in [0.29, 0.717) is 16.7 Å². The Morgan fingerprint density at radius 2 is 1.66 bits per heavy atom. The largest absolute Gasteiger partial charge is 0.372 e. The predicted octanol–water partition coefficient (Wildman–Crippen LogP) is 5.19. The van der Waals surface area contributed by atoms with Crippen molar-refractivity contribution >= 4 is 63.1 Å². The average molecular weight is 455 g/mol. The number of nitrogens with zero attached hydrogens (tertiary/aromatic N) is 4. The Kier molecular flexibility index (Phi) is 6.27. The first kappa shape index (κ1) is 21.7. The molecule has 2 aromatic carbocycles. The molecular weight excluding hydrogens is 433 g/mol. The van der Waals surface area contributed by atoms with Gasteiger partial charge in [0.1, 0.15) is 11.0 Å². The molecule has 0 bridgehead atoms. The second-order valence-corrected chi connectivity index (χ2v) is 9.02. The van der Waals surface area contributed by atoms with Crippen molar-refractivity contribution in [3.63, 3.8) is 0 Å². The molecule has 3 aromatic rings. The second kappa shape index (κ2) is 8.38. The normalized spacial score (nSPS) is 11.7. The van der Waals surface area contributed by atoms with Crippen LogP contribution in [0.25, 0.3) is 16.7 Å². The van der Waals surface area contributed by atoms with Gasteiger partial charge in [-0.15, -0.1) is 10.2 Å². The van der Waals surface area contributed by atoms with Crippen LogP contribution in [0.1, 0.15) is 25.0 Å². The van der Waals surface area contributed by atoms with Crippen LogP contribution in [0.3, 0.4) is 0 Å². The maximum absolute atomic E-state index is 12.0. The van der Waals surface area contributed by atoms with Crippen molar-refractivity contribution in [2.45, 2.75) is 31.5 Å². The minimum Gasteiger partial charge on any atom is -0.372 e. The third-order valence-corrected chi connectivity index (χ3v) is 5.27. The first-order chi connectivity index (χ1) is 13.6. The van der Waals surface area contributed by atoms with E-state index in [1.54, 1.807) is 10.9 Å². The summed E-state index contributed by atoms with van der Waals surface area (Å²) in [5, 5.41) is 11.8. The Labute approximate surface area is 184 Å². The van der Waals surface area contributed by atoms with Gasteiger partial charge in [0.05, 0.1) is 5.69 Å². The summed E-state index contributed by atoms with van der Waals surface area (Å²) in [5.41, 5.74) is 5.78. The van der Waals surface area contributed by atoms with Crippen molar-refractivity contribution in [1.82, 2.24) is 15.0 Å². The summed E-state index contributed by atoms with van der Waals surface area (Å²) in [6, 6.07) is 9.78. The summed E-state index contributed by atoms with van der Waals surface area (Å²) in [6.07, 6.45) is 0. The first-order valence-electron chi connectivity index (χ1n) is 9.25. The van der Waals surface area contributed by atoms with Gasteiger partial charge in [-0.2, -0.15) is 4.80 Å². The Balaban J connectivity index is 1.97. The van der Waals surface area contributed by atoms with Crippen molar-refractivity contribution in [1.29, 1.82) is 0 Å². The van der Waals surface area contributed by atoms with Gasteiger partial charge in [0.25, 0.3) is 9.70 Å². The molecule has 0 unspecified atom stereocenters. The molecule has 0 spiro atoms. The van der Waals surface area contributed by atoms with Crippen LogP contribution in [0, 0.1) is 13.8 Å². The number of benzene rings is 2. The number of nitrogens with one attached hydrogen (secondary N) is 1. The minimum atomic E-state index is -2.04. The SMILES string of the molecule is CCN(CC)c1ccc(-n2nc3cc(C)c(NC(=O)C(Cl)(Cl)Cl)cc3n2)c(C)c1. The number of alkyl halides is 3. The van der Waals surface area contributed by atoms with Crippen LogP contribution in [0.2, 0.25) is 0 Å². The highest BCUT2D eigenvalue weighted by Gasteiger charge is 2.31. The molecule has 0 fully saturated rings. The summed E-state index contributed by atoms with van der Waals surface area (Å²) in [6.45, 7) is 10.0. The van der Waals surface area contributed by atoms with Crippen molar-refractivity contribution in [3.05, 3.63) is 41.5 Å². The van der Waals surface area contributed by atoms with E-state index in [4.69, 9.17) is 34.8 Å². The molecule has 3 rings (SSSR count). The smallest absolute Gasteiger partial charge is 0.276 e. The molecule has 1 amide bonds. The minimum absolute atomic E-state index is 0.523. The van der Waals surface area contributed by atoms with Gasteiger partial charge >= 0.3 is 0 Å². The second-order valence-electron chi connectivity index (χ2n) is 6.74. The van der Waals surface area contributed by atoms with Crippen LogP contribution in [-0.2, 0) is 4.79 Å². The zero-order valence-corrected chi connectivity index (χ0v) is 18.9. The quantitative estimate of drug-likeness (QED) is 0.539. The molecule has 0 aliphatic heterocycles. The van der Waals surface area contributed by atoms with Crippen molar-refractivity contribution < 1.29 is 4.79 Å². The van der Waals surface area contributed by atoms with Gasteiger partial charge in [-0.05, 0) is 69.2 Å². The molecule has 0 aliphatic carbocycles. The number of fused-ring (bicyclic) bond motifs is 1. The zero-order valence-electron chi connectivity index (χ0n) is 16.6. The lowest BCUT2D eigenvalue weighted by Crippen LogP contribution is -2.27. The fraction of sp³-hybridized carbons (Fsp3) is 0.350. The van der Waals surface area contributed by atoms with Gasteiger partial charge in [0, 0.05) is 24.5 Å². The van der Waals surface area contributed by atoms with E-state index in [0.717, 1.165) is 29.9 Å². The van der Waals surface area contributed by atoms with Crippen LogP contribution in [0.5, 0.6) is 0 Å². The maximum atomic E-state index is 12.0. The number of carbonyl (C=O) groups excluding carboxylic acids is 1. The first-order valence-corrected chi connectivity index (χ1v) is 10.4. The number of aryl methyl sites for hydroxylation is 2. The third-order valence-electron chi connectivity index (χ3n) is 4.76. The Bertz CT molecular complexity index is 1050. The van der Waals surface area contributed by atoms with Crippen LogP contribution < -0.4 is 10.2 Å². The lowest BCUT2D eigenvalue weighted by Gasteiger charge is -2.22. The molecular formula is C20H22Cl3N5O. The topological polar surface area (TPSA) is 63.1 Å². The van der Waals surface area contributed by atoms with E-state index >= 15 is 0 Å². The summed E-state index contributed by atoms with van der Waals surface area (Å²) in [5.74, 6) is -0.722. The number of aromatic nitrogens is 3. The van der Waals surface area contributed by atoms with Crippen LogP contribution >= 0.6 is 34.8 Å². The average Bonchev–Trinajstić information content (AvgIpc) is 3.04. The fourth-order valence-corrected chi connectivity index (χ4v) is 3.29. The molecule has 1 heterocycles. The summed E-state index contributed by atoms with van der Waals surface area (Å²) in [7, 11) is 0. The van der Waals surface area contributed by atoms with Gasteiger partial charge in [-0.1, -0.05) is 34.8 Å². The number of rotatable bonds is 5. The van der Waals surface area contributed by atoms with Gasteiger partial charge in [-0.3, -0.25) is 4.79 Å². The van der Waals surface area contributed by atoms with Gasteiger partial charge < -0.3 is 10.2 Å². The van der Waals surface area contributed by atoms with Crippen LogP contribution in [0.15, 0.2) is 30.3 Å². The van der Waals surface area contributed by atoms with Crippen LogP contribution in [-0.4, -0.2) is 37.8 Å². The summed E-state index contributed by atoms with van der Waals surface area (Å²) in [4.78, 5) is 15.9. The molecule has 0 radical (unpaired) electrons. The summed E-state index contributed by atoms with van der Waals surface area (Å²) < 4.78 is -2.04. The highest BCUT2D eigenvalue weighted by Crippen LogP contribution is 2.30. The van der Waals surface area contributed by atoms with Crippen molar-refractivity contribution in [2.24, 2.45) is 0 Å². The lowest BCUT2D eigenvalue weighted by atomic mass is 10.1. The predicted molar refractivity (Wildman–Crippen MR) is 121 cm³/mol. The molecule has 0 saturated heterocycles. The molecule has 29 heavy (non-hydrogen) atoms. The molecule has 1 aromatic heterocycles. The van der Waals surface area contributed by atoms with E-state index in [1.807, 2.05) is 26.0 Å². The van der Waals surface area contributed by atoms with Crippen molar-refractivity contribution in [3.8, 4) is 5.69 Å². The summed E-state index contributed by atoms with van der Waals surface area (Å²) >= 11 is 16.9. The fourth-order valence-electron chi connectivity index (χ4n) is 3.15. The van der Waals surface area contributed by atoms with Gasteiger partial charge in [0.15, 0.2) is 0 Å². The number of anilines is 2. The molecule has 154 valence electrons. The number of hydrogen-bond donors (Lipinski definition) is 1. The molecule has 6 nitrogen and oxygen atoms in total. The Morgan fingerprint density at radius 1 is 1.03 bits per heavy atom. The Hall–Kier alpha value is -2.02. The highest BCUT2D eigenvalue weighted by atomic mass is 35.6. The number of amides is 1. The standard InChI is InChI=1S/C20H22Cl3N5O/c1-5-27(6-2)14-7-8-18(13(4)9-14)28-25-16-10-12(3)15(11-17(16)26-28)24-19(29)20(21,22)23/h7-11H,5-6H2,1-4H3,(H,24,29). The number of carbonyl (C=O) groups is 1. The molecule has 0 atom stereocenters. The number of halogens is 3. The van der Waals surface area contributed by atoms with E-state index in [9.17, 15) is 4.79 Å². The van der Waals surface area contributed by atoms with Gasteiger partial charge in [-0.25, -0.2) is 0 Å². The van der Waals surface area contributed by atoms with E-state index in [2.05, 4.69) is 46.4 Å². The third kappa shape index (κ3) is 4.60. The van der Waals surface area contributed by atoms with Gasteiger partial charge in [0.2, 0.25) is 0 Å². The molecule has 1 N–H and O–H groups in total. The Morgan fingerprint density at radius 3 is 2.21 bits per heavy atom. The van der Waals surface area contributed by atoms with E-state index in [-0.39, 0.29) is 0 Å². The number of hydrogen-bond acceptors (Lipinski definition) is 4. The van der Waals surface area contributed by atoms with Crippen molar-refractivity contribution in [2.75, 3.05) is 23.3 Å². The molecule has 9 heteroatoms. The monoisotopic (exact) mass is 453 g/mol. The van der Waals surface area contributed by atoms with Crippen LogP contribution in [0.4, 0.5) is 11.4 Å². The zero-order chi connectivity index (χ0) is 21.3. The highest BCUT2D eigenvalue weighted by molar-refractivity contribution is 6.76.